The van der Waals surface area contributed by atoms with Gasteiger partial charge in [0.15, 0.2) is 0 Å². The van der Waals surface area contributed by atoms with Crippen molar-refractivity contribution in [1.29, 1.82) is 0 Å². The summed E-state index contributed by atoms with van der Waals surface area (Å²) in [6, 6.07) is 13.5. The summed E-state index contributed by atoms with van der Waals surface area (Å²) in [6.45, 7) is 7.77. The summed E-state index contributed by atoms with van der Waals surface area (Å²) in [4.78, 5) is 14.7. The van der Waals surface area contributed by atoms with E-state index in [-0.39, 0.29) is 5.91 Å². The van der Waals surface area contributed by atoms with Crippen molar-refractivity contribution >= 4 is 28.9 Å². The second-order valence-electron chi connectivity index (χ2n) is 6.37. The van der Waals surface area contributed by atoms with Crippen LogP contribution in [0.3, 0.4) is 0 Å². The van der Waals surface area contributed by atoms with Crippen LogP contribution in [0.4, 0.5) is 11.4 Å². The van der Waals surface area contributed by atoms with Crippen LogP contribution in [0.5, 0.6) is 0 Å². The van der Waals surface area contributed by atoms with Crippen molar-refractivity contribution in [3.8, 4) is 0 Å². The maximum absolute atomic E-state index is 12.7. The first kappa shape index (κ1) is 20.3. The molecule has 1 amide bonds. The molecule has 1 fully saturated rings. The Hall–Kier alpha value is -2.00. The number of rotatable bonds is 3. The predicted molar refractivity (Wildman–Crippen MR) is 112 cm³/mol. The summed E-state index contributed by atoms with van der Waals surface area (Å²) in [6.07, 6.45) is 4.68. The van der Waals surface area contributed by atoms with E-state index in [1.165, 1.54) is 12.8 Å². The third-order valence-corrected chi connectivity index (χ3v) is 4.71. The molecule has 1 aliphatic rings. The number of nitrogens with zero attached hydrogens (tertiary/aromatic N) is 1. The molecule has 3 nitrogen and oxygen atoms in total. The normalized spacial score (nSPS) is 14.1. The fourth-order valence-electron chi connectivity index (χ4n) is 3.12. The highest BCUT2D eigenvalue weighted by atomic mass is 35.5. The highest BCUT2D eigenvalue weighted by molar-refractivity contribution is 6.30. The first-order valence-electron chi connectivity index (χ1n) is 9.56. The number of hydrogen-bond acceptors (Lipinski definition) is 2. The number of carbonyl (C=O) groups excluding carboxylic acids is 1. The molecule has 4 heteroatoms. The van der Waals surface area contributed by atoms with Gasteiger partial charge >= 0.3 is 0 Å². The fraction of sp³-hybridized carbons (Fsp3) is 0.409. The maximum atomic E-state index is 12.7. The first-order chi connectivity index (χ1) is 12.6. The van der Waals surface area contributed by atoms with Crippen molar-refractivity contribution < 1.29 is 4.79 Å². The minimum absolute atomic E-state index is 0.148. The van der Waals surface area contributed by atoms with Gasteiger partial charge in [0.1, 0.15) is 0 Å². The number of nitrogens with one attached hydrogen (secondary N) is 1. The van der Waals surface area contributed by atoms with E-state index in [4.69, 9.17) is 11.6 Å². The third-order valence-electron chi connectivity index (χ3n) is 4.47. The molecule has 2 aromatic rings. The van der Waals surface area contributed by atoms with Crippen LogP contribution in [0.25, 0.3) is 0 Å². The van der Waals surface area contributed by atoms with Crippen LogP contribution in [-0.4, -0.2) is 23.9 Å². The SMILES string of the molecule is CC.Cc1cc(C(=O)N2CCCCCC2)ccc1Nc1cccc(Cl)c1. The Balaban J connectivity index is 0.00000117. The molecular weight excluding hydrogens is 344 g/mol. The summed E-state index contributed by atoms with van der Waals surface area (Å²) in [5, 5.41) is 4.06. The lowest BCUT2D eigenvalue weighted by Gasteiger charge is -2.21. The second kappa shape index (κ2) is 10.2. The smallest absolute Gasteiger partial charge is 0.253 e. The highest BCUT2D eigenvalue weighted by Gasteiger charge is 2.17. The van der Waals surface area contributed by atoms with Crippen LogP contribution >= 0.6 is 11.6 Å². The van der Waals surface area contributed by atoms with Crippen molar-refractivity contribution in [3.05, 3.63) is 58.6 Å². The Morgan fingerprint density at radius 2 is 1.69 bits per heavy atom. The molecule has 0 spiro atoms. The summed E-state index contributed by atoms with van der Waals surface area (Å²) in [5.74, 6) is 0.148. The van der Waals surface area contributed by atoms with E-state index in [0.717, 1.165) is 48.4 Å². The van der Waals surface area contributed by atoms with E-state index in [1.807, 2.05) is 68.1 Å². The van der Waals surface area contributed by atoms with Crippen LogP contribution in [-0.2, 0) is 0 Å². The summed E-state index contributed by atoms with van der Waals surface area (Å²) in [5.41, 5.74) is 3.75. The van der Waals surface area contributed by atoms with Crippen molar-refractivity contribution in [2.24, 2.45) is 0 Å². The first-order valence-corrected chi connectivity index (χ1v) is 9.94. The van der Waals surface area contributed by atoms with Crippen LogP contribution in [0.2, 0.25) is 5.02 Å². The molecule has 0 bridgehead atoms. The van der Waals surface area contributed by atoms with Gasteiger partial charge in [-0.2, -0.15) is 0 Å². The van der Waals surface area contributed by atoms with Crippen molar-refractivity contribution in [2.45, 2.75) is 46.5 Å². The van der Waals surface area contributed by atoms with E-state index in [1.54, 1.807) is 0 Å². The molecule has 1 N–H and O–H groups in total. The average Bonchev–Trinajstić information content (AvgIpc) is 2.94. The quantitative estimate of drug-likeness (QED) is 0.672. The number of anilines is 2. The molecule has 0 atom stereocenters. The molecule has 0 saturated carbocycles. The highest BCUT2D eigenvalue weighted by Crippen LogP contribution is 2.24. The zero-order valence-corrected chi connectivity index (χ0v) is 16.8. The zero-order valence-electron chi connectivity index (χ0n) is 16.0. The molecule has 1 saturated heterocycles. The number of benzene rings is 2. The maximum Gasteiger partial charge on any atom is 0.253 e. The minimum Gasteiger partial charge on any atom is -0.355 e. The summed E-state index contributed by atoms with van der Waals surface area (Å²) in [7, 11) is 0. The minimum atomic E-state index is 0.148. The van der Waals surface area contributed by atoms with E-state index >= 15 is 0 Å². The van der Waals surface area contributed by atoms with Crippen LogP contribution < -0.4 is 5.32 Å². The number of carbonyl (C=O) groups is 1. The number of halogens is 1. The van der Waals surface area contributed by atoms with Gasteiger partial charge in [0.2, 0.25) is 0 Å². The van der Waals surface area contributed by atoms with Gasteiger partial charge < -0.3 is 10.2 Å². The van der Waals surface area contributed by atoms with Crippen molar-refractivity contribution in [1.82, 2.24) is 4.90 Å². The number of amides is 1. The largest absolute Gasteiger partial charge is 0.355 e. The molecule has 140 valence electrons. The Labute approximate surface area is 162 Å². The predicted octanol–water partition coefficient (Wildman–Crippen LogP) is 6.43. The van der Waals surface area contributed by atoms with Crippen LogP contribution in [0.1, 0.15) is 55.5 Å². The standard InChI is InChI=1S/C20H23ClN2O.C2H6/c1-15-13-16(20(24)23-11-4-2-3-5-12-23)9-10-19(15)22-18-8-6-7-17(21)14-18;1-2/h6-10,13-14,22H,2-5,11-12H2,1H3;1-2H3. The van der Waals surface area contributed by atoms with Gasteiger partial charge in [0.05, 0.1) is 0 Å². The number of likely N-dealkylation sites (tertiary alicyclic amines) is 1. The van der Waals surface area contributed by atoms with E-state index in [0.29, 0.717) is 5.02 Å². The van der Waals surface area contributed by atoms with Gasteiger partial charge in [0.25, 0.3) is 5.91 Å². The molecule has 1 aliphatic heterocycles. The van der Waals surface area contributed by atoms with Gasteiger partial charge in [-0.15, -0.1) is 0 Å². The lowest BCUT2D eigenvalue weighted by Crippen LogP contribution is -2.31. The van der Waals surface area contributed by atoms with E-state index in [9.17, 15) is 4.79 Å². The lowest BCUT2D eigenvalue weighted by atomic mass is 10.1. The van der Waals surface area contributed by atoms with Gasteiger partial charge in [-0.25, -0.2) is 0 Å². The van der Waals surface area contributed by atoms with Gasteiger partial charge in [0, 0.05) is 35.1 Å². The van der Waals surface area contributed by atoms with Gasteiger partial charge in [-0.3, -0.25) is 4.79 Å². The van der Waals surface area contributed by atoms with Gasteiger partial charge in [-0.05, 0) is 61.7 Å². The molecule has 26 heavy (non-hydrogen) atoms. The van der Waals surface area contributed by atoms with Crippen LogP contribution in [0, 0.1) is 6.92 Å². The Morgan fingerprint density at radius 3 is 2.31 bits per heavy atom. The van der Waals surface area contributed by atoms with E-state index in [2.05, 4.69) is 5.32 Å². The number of hydrogen-bond donors (Lipinski definition) is 1. The van der Waals surface area contributed by atoms with Crippen LogP contribution in [0.15, 0.2) is 42.5 Å². The van der Waals surface area contributed by atoms with Crippen molar-refractivity contribution in [3.63, 3.8) is 0 Å². The average molecular weight is 373 g/mol. The fourth-order valence-corrected chi connectivity index (χ4v) is 3.31. The Bertz CT molecular complexity index is 722. The van der Waals surface area contributed by atoms with Crippen molar-refractivity contribution in [2.75, 3.05) is 18.4 Å². The molecule has 0 unspecified atom stereocenters. The zero-order chi connectivity index (χ0) is 18.9. The third kappa shape index (κ3) is 5.50. The molecule has 0 aromatic heterocycles. The van der Waals surface area contributed by atoms with Gasteiger partial charge in [-0.1, -0.05) is 44.4 Å². The monoisotopic (exact) mass is 372 g/mol. The molecule has 3 rings (SSSR count). The molecular formula is C22H29ClN2O. The van der Waals surface area contributed by atoms with E-state index < -0.39 is 0 Å². The molecule has 0 aliphatic carbocycles. The second-order valence-corrected chi connectivity index (χ2v) is 6.81. The lowest BCUT2D eigenvalue weighted by molar-refractivity contribution is 0.0761. The summed E-state index contributed by atoms with van der Waals surface area (Å²) >= 11 is 6.03. The topological polar surface area (TPSA) is 32.3 Å². The number of aryl methyl sites for hydroxylation is 1. The summed E-state index contributed by atoms with van der Waals surface area (Å²) < 4.78 is 0. The molecule has 1 heterocycles. The Morgan fingerprint density at radius 1 is 1.00 bits per heavy atom. The molecule has 2 aromatic carbocycles. The molecule has 0 radical (unpaired) electrons. The Kier molecular flexibility index (Phi) is 7.99.